The molecule has 0 aliphatic rings. The summed E-state index contributed by atoms with van der Waals surface area (Å²) in [5.41, 5.74) is 0.137. The summed E-state index contributed by atoms with van der Waals surface area (Å²) in [6.45, 7) is -0.522. The first-order chi connectivity index (χ1) is 22.4. The van der Waals surface area contributed by atoms with Gasteiger partial charge in [-0.1, -0.05) is 30.3 Å². The topological polar surface area (TPSA) is 148 Å². The third-order valence-electron chi connectivity index (χ3n) is 6.85. The van der Waals surface area contributed by atoms with Crippen LogP contribution >= 0.6 is 0 Å². The number of benzene rings is 3. The average Bonchev–Trinajstić information content (AvgIpc) is 3.04. The first kappa shape index (κ1) is 34.4. The minimum absolute atomic E-state index is 0.00336. The van der Waals surface area contributed by atoms with Gasteiger partial charge in [-0.15, -0.1) is 0 Å². The summed E-state index contributed by atoms with van der Waals surface area (Å²) in [5.74, 6) is -1.92. The molecule has 4 aromatic rings. The Hall–Kier alpha value is -5.47. The van der Waals surface area contributed by atoms with Gasteiger partial charge in [0.15, 0.2) is 0 Å². The quantitative estimate of drug-likeness (QED) is 0.101. The molecule has 11 nitrogen and oxygen atoms in total. The van der Waals surface area contributed by atoms with Gasteiger partial charge in [-0.05, 0) is 59.2 Å². The zero-order valence-electron chi connectivity index (χ0n) is 25.2. The number of hydrogen-bond acceptors (Lipinski definition) is 9. The number of halogens is 3. The molecule has 0 radical (unpaired) electrons. The summed E-state index contributed by atoms with van der Waals surface area (Å²) in [6.07, 6.45) is -3.83. The van der Waals surface area contributed by atoms with Crippen molar-refractivity contribution in [1.82, 2.24) is 9.88 Å². The van der Waals surface area contributed by atoms with Gasteiger partial charge < -0.3 is 29.7 Å². The first-order valence-corrected chi connectivity index (χ1v) is 13.9. The van der Waals surface area contributed by atoms with Crippen molar-refractivity contribution in [1.29, 1.82) is 0 Å². The second kappa shape index (κ2) is 15.2. The summed E-state index contributed by atoms with van der Waals surface area (Å²) in [4.78, 5) is 41.8. The Balaban J connectivity index is 1.39. The van der Waals surface area contributed by atoms with Crippen molar-refractivity contribution in [3.8, 4) is 17.2 Å². The number of aliphatic hydroxyl groups excluding tert-OH is 1. The van der Waals surface area contributed by atoms with Crippen molar-refractivity contribution >= 4 is 23.5 Å². The molecule has 1 unspecified atom stereocenters. The van der Waals surface area contributed by atoms with Gasteiger partial charge in [0.2, 0.25) is 5.91 Å². The van der Waals surface area contributed by atoms with E-state index < -0.39 is 48.8 Å². The van der Waals surface area contributed by atoms with Crippen LogP contribution in [0.25, 0.3) is 0 Å². The van der Waals surface area contributed by atoms with E-state index in [-0.39, 0.29) is 34.9 Å². The lowest BCUT2D eigenvalue weighted by atomic mass is 10.0. The highest BCUT2D eigenvalue weighted by Crippen LogP contribution is 2.35. The van der Waals surface area contributed by atoms with Crippen LogP contribution in [0.4, 0.5) is 18.9 Å². The smallest absolute Gasteiger partial charge is 0.416 e. The fourth-order valence-corrected chi connectivity index (χ4v) is 4.54. The van der Waals surface area contributed by atoms with Crippen molar-refractivity contribution in [3.05, 3.63) is 113 Å². The maximum Gasteiger partial charge on any atom is 0.416 e. The highest BCUT2D eigenvalue weighted by molar-refractivity contribution is 5.92. The van der Waals surface area contributed by atoms with E-state index in [1.807, 2.05) is 0 Å². The van der Waals surface area contributed by atoms with Crippen LogP contribution in [0.3, 0.4) is 0 Å². The molecule has 0 spiro atoms. The Bertz CT molecular complexity index is 1710. The Morgan fingerprint density at radius 1 is 0.894 bits per heavy atom. The number of ether oxygens (including phenoxy) is 3. The van der Waals surface area contributed by atoms with E-state index in [4.69, 9.17) is 14.2 Å². The van der Waals surface area contributed by atoms with Crippen molar-refractivity contribution in [2.45, 2.75) is 25.4 Å². The fourth-order valence-electron chi connectivity index (χ4n) is 4.54. The first-order valence-electron chi connectivity index (χ1n) is 13.9. The number of hydrogen-bond donors (Lipinski definition) is 3. The van der Waals surface area contributed by atoms with Crippen molar-refractivity contribution < 1.29 is 52.0 Å². The number of rotatable bonds is 13. The van der Waals surface area contributed by atoms with Crippen molar-refractivity contribution in [2.24, 2.45) is 0 Å². The number of esters is 1. The summed E-state index contributed by atoms with van der Waals surface area (Å²) >= 11 is 0. The van der Waals surface area contributed by atoms with Gasteiger partial charge in [0, 0.05) is 18.4 Å². The number of aliphatic hydroxyl groups is 1. The molecule has 3 aromatic carbocycles. The molecule has 0 fully saturated rings. The standard InChI is InChI=1S/C33H30F3N3O8/c1-45-26-12-7-22(28(15-26)33(34,35)36)14-29(40)38-24-8-5-21(6-9-24)31(43)39(19-30(41)42)18-20-3-10-25(11-4-20)47-32(44)23-13-27(46-2)17-37-16-23/h3-13,15-17,31,43H,14,18-19H2,1-2H3,(H,38,40)(H,41,42). The highest BCUT2D eigenvalue weighted by atomic mass is 19.4. The molecule has 0 saturated carbocycles. The van der Waals surface area contributed by atoms with Gasteiger partial charge in [0.05, 0.1) is 44.5 Å². The minimum Gasteiger partial charge on any atom is -0.497 e. The number of nitrogens with zero attached hydrogens (tertiary/aromatic N) is 2. The number of carbonyl (C=O) groups is 3. The Kier molecular flexibility index (Phi) is 11.1. The lowest BCUT2D eigenvalue weighted by Gasteiger charge is -2.27. The van der Waals surface area contributed by atoms with E-state index in [9.17, 15) is 37.8 Å². The summed E-state index contributed by atoms with van der Waals surface area (Å²) < 4.78 is 55.8. The maximum absolute atomic E-state index is 13.5. The molecule has 1 aromatic heterocycles. The Morgan fingerprint density at radius 3 is 2.17 bits per heavy atom. The average molecular weight is 654 g/mol. The third-order valence-corrected chi connectivity index (χ3v) is 6.85. The number of alkyl halides is 3. The lowest BCUT2D eigenvalue weighted by Crippen LogP contribution is -2.33. The SMILES string of the molecule is COc1cncc(C(=O)Oc2ccc(CN(CC(=O)O)C(O)c3ccc(NC(=O)Cc4ccc(OC)cc4C(F)(F)F)cc3)cc2)c1. The molecule has 0 saturated heterocycles. The van der Waals surface area contributed by atoms with Crippen molar-refractivity contribution in [3.63, 3.8) is 0 Å². The van der Waals surface area contributed by atoms with Crippen LogP contribution in [0, 0.1) is 0 Å². The zero-order valence-corrected chi connectivity index (χ0v) is 25.2. The molecule has 1 amide bonds. The molecule has 14 heteroatoms. The zero-order chi connectivity index (χ0) is 34.1. The Labute approximate surface area is 267 Å². The largest absolute Gasteiger partial charge is 0.497 e. The van der Waals surface area contributed by atoms with Crippen LogP contribution in [0.5, 0.6) is 17.2 Å². The minimum atomic E-state index is -4.69. The molecule has 3 N–H and O–H groups in total. The molecular weight excluding hydrogens is 623 g/mol. The van der Waals surface area contributed by atoms with E-state index in [1.54, 1.807) is 12.1 Å². The molecule has 0 aliphatic carbocycles. The maximum atomic E-state index is 13.5. The van der Waals surface area contributed by atoms with Crippen LogP contribution < -0.4 is 19.5 Å². The molecular formula is C33H30F3N3O8. The molecule has 1 heterocycles. The van der Waals surface area contributed by atoms with E-state index in [0.29, 0.717) is 16.9 Å². The van der Waals surface area contributed by atoms with Gasteiger partial charge in [0.1, 0.15) is 23.5 Å². The molecule has 246 valence electrons. The van der Waals surface area contributed by atoms with Crippen LogP contribution in [0.2, 0.25) is 0 Å². The number of pyridine rings is 1. The predicted molar refractivity (Wildman–Crippen MR) is 162 cm³/mol. The normalized spacial score (nSPS) is 11.9. The van der Waals surface area contributed by atoms with Crippen molar-refractivity contribution in [2.75, 3.05) is 26.1 Å². The molecule has 47 heavy (non-hydrogen) atoms. The van der Waals surface area contributed by atoms with Crippen LogP contribution in [0.15, 0.2) is 85.2 Å². The van der Waals surface area contributed by atoms with E-state index >= 15 is 0 Å². The van der Waals surface area contributed by atoms with Gasteiger partial charge in [0.25, 0.3) is 0 Å². The van der Waals surface area contributed by atoms with Gasteiger partial charge in [-0.25, -0.2) is 4.79 Å². The Morgan fingerprint density at radius 2 is 1.55 bits per heavy atom. The summed E-state index contributed by atoms with van der Waals surface area (Å²) in [5, 5.41) is 23.0. The van der Waals surface area contributed by atoms with Crippen LogP contribution in [-0.2, 0) is 28.7 Å². The third kappa shape index (κ3) is 9.51. The van der Waals surface area contributed by atoms with Gasteiger partial charge in [-0.3, -0.25) is 19.5 Å². The second-order valence-electron chi connectivity index (χ2n) is 10.2. The summed E-state index contributed by atoms with van der Waals surface area (Å²) in [6, 6.07) is 16.9. The number of anilines is 1. The number of carboxylic acids is 1. The summed E-state index contributed by atoms with van der Waals surface area (Å²) in [7, 11) is 2.68. The monoisotopic (exact) mass is 653 g/mol. The number of nitrogens with one attached hydrogen (secondary N) is 1. The van der Waals surface area contributed by atoms with E-state index in [0.717, 1.165) is 6.07 Å². The molecule has 4 rings (SSSR count). The highest BCUT2D eigenvalue weighted by Gasteiger charge is 2.34. The number of amides is 1. The second-order valence-corrected chi connectivity index (χ2v) is 10.2. The lowest BCUT2D eigenvalue weighted by molar-refractivity contribution is -0.142. The van der Waals surface area contributed by atoms with Gasteiger partial charge >= 0.3 is 18.1 Å². The number of methoxy groups -OCH3 is 2. The van der Waals surface area contributed by atoms with E-state index in [2.05, 4.69) is 10.3 Å². The number of aromatic nitrogens is 1. The molecule has 0 bridgehead atoms. The van der Waals surface area contributed by atoms with Crippen LogP contribution in [-0.4, -0.2) is 58.7 Å². The fraction of sp³-hybridized carbons (Fsp3) is 0.212. The molecule has 1 atom stereocenters. The van der Waals surface area contributed by atoms with Crippen LogP contribution in [0.1, 0.15) is 38.8 Å². The molecule has 0 aliphatic heterocycles. The number of aliphatic carboxylic acids is 1. The van der Waals surface area contributed by atoms with E-state index in [1.165, 1.54) is 86.1 Å². The number of carboxylic acid groups (broad SMARTS) is 1. The predicted octanol–water partition coefficient (Wildman–Crippen LogP) is 5.10. The van der Waals surface area contributed by atoms with Gasteiger partial charge in [-0.2, -0.15) is 13.2 Å². The number of carbonyl (C=O) groups excluding carboxylic acids is 2.